The molecule has 4 rings (SSSR count). The monoisotopic (exact) mass is 289 g/mol. The van der Waals surface area contributed by atoms with Crippen LogP contribution in [-0.4, -0.2) is 18.0 Å². The summed E-state index contributed by atoms with van der Waals surface area (Å²) >= 11 is 0. The summed E-state index contributed by atoms with van der Waals surface area (Å²) in [5.74, 6) is 0. The fourth-order valence-electron chi connectivity index (χ4n) is 3.87. The van der Waals surface area contributed by atoms with E-state index in [1.54, 1.807) is 0 Å². The fraction of sp³-hybridized carbons (Fsp3) is 0.333. The van der Waals surface area contributed by atoms with Crippen LogP contribution in [0.25, 0.3) is 12.2 Å². The van der Waals surface area contributed by atoms with E-state index in [9.17, 15) is 0 Å². The number of hydrogen-bond acceptors (Lipinski definition) is 1. The molecule has 2 aromatic rings. The molecular weight excluding hydrogens is 266 g/mol. The molecule has 0 atom stereocenters. The molecule has 0 radical (unpaired) electrons. The average Bonchev–Trinajstić information content (AvgIpc) is 2.88. The van der Waals surface area contributed by atoms with Crippen molar-refractivity contribution < 1.29 is 0 Å². The summed E-state index contributed by atoms with van der Waals surface area (Å²) in [7, 11) is 0. The average molecular weight is 289 g/mol. The molecule has 22 heavy (non-hydrogen) atoms. The van der Waals surface area contributed by atoms with Crippen molar-refractivity contribution in [2.45, 2.75) is 26.3 Å². The number of piperidine rings is 1. The van der Waals surface area contributed by atoms with Gasteiger partial charge in [-0.1, -0.05) is 66.2 Å². The highest BCUT2D eigenvalue weighted by Crippen LogP contribution is 2.36. The summed E-state index contributed by atoms with van der Waals surface area (Å²) < 4.78 is 0. The van der Waals surface area contributed by atoms with Crippen LogP contribution in [0.1, 0.15) is 24.0 Å². The number of likely N-dealkylation sites (tertiary alicyclic amines) is 1. The molecule has 1 heteroatoms. The van der Waals surface area contributed by atoms with Crippen molar-refractivity contribution in [1.82, 2.24) is 4.90 Å². The highest BCUT2D eigenvalue weighted by Gasteiger charge is 2.32. The third kappa shape index (κ3) is 2.62. The van der Waals surface area contributed by atoms with E-state index in [1.165, 1.54) is 47.5 Å². The predicted octanol–water partition coefficient (Wildman–Crippen LogP) is 2.85. The lowest BCUT2D eigenvalue weighted by Crippen LogP contribution is -2.37. The van der Waals surface area contributed by atoms with E-state index >= 15 is 0 Å². The Morgan fingerprint density at radius 1 is 0.909 bits per heavy atom. The van der Waals surface area contributed by atoms with Crippen LogP contribution < -0.4 is 10.4 Å². The Hall–Kier alpha value is -1.86. The molecule has 1 aliphatic heterocycles. The summed E-state index contributed by atoms with van der Waals surface area (Å²) in [5, 5.41) is 2.87. The minimum Gasteiger partial charge on any atom is -0.299 e. The largest absolute Gasteiger partial charge is 0.299 e. The molecule has 2 aliphatic rings. The maximum Gasteiger partial charge on any atom is 0.0233 e. The van der Waals surface area contributed by atoms with Gasteiger partial charge in [0, 0.05) is 12.0 Å². The standard InChI is InChI=1S/C21H23N/c1-17-7-8-19-14-21(15-20(19)13-17)9-11-22(12-10-21)16-18-5-3-2-4-6-18/h2-8,13-15H,9-12,16H2,1H3. The minimum atomic E-state index is 0.309. The number of hydrogen-bond donors (Lipinski definition) is 0. The van der Waals surface area contributed by atoms with Crippen molar-refractivity contribution in [3.8, 4) is 0 Å². The van der Waals surface area contributed by atoms with Gasteiger partial charge in [-0.2, -0.15) is 0 Å². The number of nitrogens with zero attached hydrogens (tertiary/aromatic N) is 1. The Bertz CT molecular complexity index is 780. The zero-order valence-electron chi connectivity index (χ0n) is 13.3. The molecule has 0 amide bonds. The highest BCUT2D eigenvalue weighted by molar-refractivity contribution is 5.57. The van der Waals surface area contributed by atoms with E-state index in [0.717, 1.165) is 6.54 Å². The Kier molecular flexibility index (Phi) is 3.38. The van der Waals surface area contributed by atoms with Crippen molar-refractivity contribution in [2.75, 3.05) is 13.1 Å². The second kappa shape index (κ2) is 5.40. The third-order valence-corrected chi connectivity index (χ3v) is 5.16. The first-order valence-electron chi connectivity index (χ1n) is 8.31. The lowest BCUT2D eigenvalue weighted by atomic mass is 9.79. The summed E-state index contributed by atoms with van der Waals surface area (Å²) in [6, 6.07) is 17.7. The number of benzene rings is 2. The molecule has 0 N–H and O–H groups in total. The highest BCUT2D eigenvalue weighted by atomic mass is 15.1. The molecule has 2 aromatic carbocycles. The van der Waals surface area contributed by atoms with Gasteiger partial charge in [0.05, 0.1) is 0 Å². The first-order valence-corrected chi connectivity index (χ1v) is 8.31. The Balaban J connectivity index is 1.48. The maximum atomic E-state index is 2.59. The van der Waals surface area contributed by atoms with E-state index in [2.05, 4.69) is 72.5 Å². The molecule has 112 valence electrons. The van der Waals surface area contributed by atoms with E-state index < -0.39 is 0 Å². The predicted molar refractivity (Wildman–Crippen MR) is 92.7 cm³/mol. The molecule has 1 fully saturated rings. The summed E-state index contributed by atoms with van der Waals surface area (Å²) in [6.45, 7) is 5.65. The SMILES string of the molecule is Cc1ccc2c(c1)=CC1(C=2)CCN(Cc2ccccc2)CC1. The van der Waals surface area contributed by atoms with Gasteiger partial charge < -0.3 is 0 Å². The number of rotatable bonds is 2. The zero-order chi connectivity index (χ0) is 15.0. The molecule has 1 heterocycles. The molecule has 1 nitrogen and oxygen atoms in total. The van der Waals surface area contributed by atoms with Crippen molar-refractivity contribution >= 4 is 12.2 Å². The number of aryl methyl sites for hydroxylation is 1. The topological polar surface area (TPSA) is 3.24 Å². The smallest absolute Gasteiger partial charge is 0.0233 e. The van der Waals surface area contributed by atoms with E-state index in [-0.39, 0.29) is 0 Å². The maximum absolute atomic E-state index is 2.59. The van der Waals surface area contributed by atoms with Crippen LogP contribution in [0.3, 0.4) is 0 Å². The van der Waals surface area contributed by atoms with Gasteiger partial charge in [0.25, 0.3) is 0 Å². The quantitative estimate of drug-likeness (QED) is 0.822. The third-order valence-electron chi connectivity index (χ3n) is 5.16. The minimum absolute atomic E-state index is 0.309. The van der Waals surface area contributed by atoms with Gasteiger partial charge in [-0.3, -0.25) is 4.90 Å². The van der Waals surface area contributed by atoms with Gasteiger partial charge in [-0.25, -0.2) is 0 Å². The van der Waals surface area contributed by atoms with Gasteiger partial charge in [0.15, 0.2) is 0 Å². The van der Waals surface area contributed by atoms with Crippen LogP contribution in [0.2, 0.25) is 0 Å². The molecular formula is C21H23N. The Morgan fingerprint density at radius 2 is 1.64 bits per heavy atom. The van der Waals surface area contributed by atoms with Crippen molar-refractivity contribution in [1.29, 1.82) is 0 Å². The van der Waals surface area contributed by atoms with Crippen molar-refractivity contribution in [3.63, 3.8) is 0 Å². The molecule has 0 unspecified atom stereocenters. The summed E-state index contributed by atoms with van der Waals surface area (Å²) in [6.07, 6.45) is 7.53. The van der Waals surface area contributed by atoms with E-state index in [1.807, 2.05) is 0 Å². The lowest BCUT2D eigenvalue weighted by molar-refractivity contribution is 0.178. The molecule has 1 saturated heterocycles. The van der Waals surface area contributed by atoms with Gasteiger partial charge in [-0.05, 0) is 48.9 Å². The molecule has 1 spiro atoms. The van der Waals surface area contributed by atoms with Crippen LogP contribution in [0, 0.1) is 12.3 Å². The van der Waals surface area contributed by atoms with Crippen LogP contribution in [0.15, 0.2) is 48.5 Å². The number of fused-ring (bicyclic) bond motifs is 1. The van der Waals surface area contributed by atoms with Crippen LogP contribution >= 0.6 is 0 Å². The normalized spacial score (nSPS) is 19.5. The van der Waals surface area contributed by atoms with Crippen LogP contribution in [-0.2, 0) is 6.54 Å². The molecule has 0 aromatic heterocycles. The fourth-order valence-corrected chi connectivity index (χ4v) is 3.87. The first kappa shape index (κ1) is 13.8. The second-order valence-corrected chi connectivity index (χ2v) is 6.92. The van der Waals surface area contributed by atoms with Crippen LogP contribution in [0.4, 0.5) is 0 Å². The van der Waals surface area contributed by atoms with Crippen molar-refractivity contribution in [3.05, 3.63) is 70.1 Å². The van der Waals surface area contributed by atoms with Gasteiger partial charge in [0.2, 0.25) is 0 Å². The first-order chi connectivity index (χ1) is 10.7. The molecule has 0 saturated carbocycles. The van der Waals surface area contributed by atoms with E-state index in [4.69, 9.17) is 0 Å². The summed E-state index contributed by atoms with van der Waals surface area (Å²) in [4.78, 5) is 2.59. The van der Waals surface area contributed by atoms with Crippen LogP contribution in [0.5, 0.6) is 0 Å². The second-order valence-electron chi connectivity index (χ2n) is 6.92. The molecule has 1 aliphatic carbocycles. The van der Waals surface area contributed by atoms with Gasteiger partial charge in [-0.15, -0.1) is 0 Å². The van der Waals surface area contributed by atoms with Gasteiger partial charge in [0.1, 0.15) is 0 Å². The zero-order valence-corrected chi connectivity index (χ0v) is 13.3. The Morgan fingerprint density at radius 3 is 2.41 bits per heavy atom. The van der Waals surface area contributed by atoms with E-state index in [0.29, 0.717) is 5.41 Å². The summed E-state index contributed by atoms with van der Waals surface area (Å²) in [5.41, 5.74) is 3.10. The Labute approximate surface area is 132 Å². The lowest BCUT2D eigenvalue weighted by Gasteiger charge is -2.37. The van der Waals surface area contributed by atoms with Gasteiger partial charge >= 0.3 is 0 Å². The molecule has 0 bridgehead atoms. The van der Waals surface area contributed by atoms with Crippen molar-refractivity contribution in [2.24, 2.45) is 5.41 Å².